The minimum absolute atomic E-state index is 0.923. The summed E-state index contributed by atoms with van der Waals surface area (Å²) >= 11 is 0. The molecule has 0 aliphatic rings. The SMILES string of the molecule is C=C(C)\C=C(C)/N=C(C)/C(C)=C(\C=C/C)CN(C)C. The molecule has 0 spiro atoms. The van der Waals surface area contributed by atoms with Crippen LogP contribution in [0.15, 0.2) is 52.2 Å². The lowest BCUT2D eigenvalue weighted by molar-refractivity contribution is 0.448. The molecule has 0 saturated heterocycles. The van der Waals surface area contributed by atoms with Crippen LogP contribution in [0.25, 0.3) is 0 Å². The van der Waals surface area contributed by atoms with Gasteiger partial charge in [-0.1, -0.05) is 24.3 Å². The van der Waals surface area contributed by atoms with E-state index in [1.165, 1.54) is 11.1 Å². The number of nitrogens with zero attached hydrogens (tertiary/aromatic N) is 2. The van der Waals surface area contributed by atoms with E-state index in [1.807, 2.05) is 26.8 Å². The van der Waals surface area contributed by atoms with Crippen LogP contribution in [0.5, 0.6) is 0 Å². The molecule has 19 heavy (non-hydrogen) atoms. The standard InChI is InChI=1S/C17H28N2/c1-9-10-17(12-19(7)8)15(5)16(6)18-14(4)11-13(2)3/h9-11H,2,12H2,1,3-8H3/b10-9-,14-11-,17-15+,18-16+. The van der Waals surface area contributed by atoms with Crippen molar-refractivity contribution in [2.75, 3.05) is 20.6 Å². The quantitative estimate of drug-likeness (QED) is 0.511. The van der Waals surface area contributed by atoms with Gasteiger partial charge in [0.05, 0.1) is 0 Å². The van der Waals surface area contributed by atoms with Crippen LogP contribution >= 0.6 is 0 Å². The summed E-state index contributed by atoms with van der Waals surface area (Å²) in [4.78, 5) is 6.80. The average molecular weight is 260 g/mol. The molecule has 0 aliphatic heterocycles. The Hall–Kier alpha value is -1.41. The van der Waals surface area contributed by atoms with E-state index in [9.17, 15) is 0 Å². The van der Waals surface area contributed by atoms with Crippen LogP contribution in [0.2, 0.25) is 0 Å². The minimum atomic E-state index is 0.923. The highest BCUT2D eigenvalue weighted by Crippen LogP contribution is 2.12. The third kappa shape index (κ3) is 7.58. The first-order valence-corrected chi connectivity index (χ1v) is 6.64. The second-order valence-corrected chi connectivity index (χ2v) is 5.22. The van der Waals surface area contributed by atoms with E-state index >= 15 is 0 Å². The Morgan fingerprint density at radius 2 is 1.74 bits per heavy atom. The first-order valence-electron chi connectivity index (χ1n) is 6.64. The third-order valence-electron chi connectivity index (χ3n) is 2.68. The van der Waals surface area contributed by atoms with Crippen LogP contribution < -0.4 is 0 Å². The van der Waals surface area contributed by atoms with Crippen LogP contribution in [0.3, 0.4) is 0 Å². The number of allylic oxidation sites excluding steroid dienone is 5. The smallest absolute Gasteiger partial charge is 0.0408 e. The Labute approximate surface area is 118 Å². The van der Waals surface area contributed by atoms with Crippen molar-refractivity contribution in [1.82, 2.24) is 4.90 Å². The van der Waals surface area contributed by atoms with E-state index < -0.39 is 0 Å². The summed E-state index contributed by atoms with van der Waals surface area (Å²) in [5, 5.41) is 0. The van der Waals surface area contributed by atoms with Crippen molar-refractivity contribution in [1.29, 1.82) is 0 Å². The van der Waals surface area contributed by atoms with E-state index in [-0.39, 0.29) is 0 Å². The van der Waals surface area contributed by atoms with Crippen molar-refractivity contribution in [3.05, 3.63) is 47.2 Å². The average Bonchev–Trinajstić information content (AvgIpc) is 2.25. The molecule has 106 valence electrons. The van der Waals surface area contributed by atoms with Crippen LogP contribution in [-0.2, 0) is 0 Å². The maximum atomic E-state index is 4.63. The molecule has 0 bridgehead atoms. The summed E-state index contributed by atoms with van der Waals surface area (Å²) in [5.74, 6) is 0. The molecule has 0 rings (SSSR count). The van der Waals surface area contributed by atoms with Gasteiger partial charge in [-0.15, -0.1) is 0 Å². The lowest BCUT2D eigenvalue weighted by Crippen LogP contribution is -2.16. The fourth-order valence-electron chi connectivity index (χ4n) is 1.81. The van der Waals surface area contributed by atoms with Crippen LogP contribution in [0, 0.1) is 0 Å². The second-order valence-electron chi connectivity index (χ2n) is 5.22. The van der Waals surface area contributed by atoms with Crippen molar-refractivity contribution in [3.8, 4) is 0 Å². The van der Waals surface area contributed by atoms with Gasteiger partial charge >= 0.3 is 0 Å². The predicted molar refractivity (Wildman–Crippen MR) is 87.7 cm³/mol. The Kier molecular flexibility index (Phi) is 8.01. The zero-order valence-corrected chi connectivity index (χ0v) is 13.5. The van der Waals surface area contributed by atoms with Crippen LogP contribution in [-0.4, -0.2) is 31.3 Å². The Morgan fingerprint density at radius 3 is 2.16 bits per heavy atom. The normalized spacial score (nSPS) is 15.2. The highest BCUT2D eigenvalue weighted by atomic mass is 15.0. The van der Waals surface area contributed by atoms with Crippen molar-refractivity contribution in [2.45, 2.75) is 34.6 Å². The first-order chi connectivity index (χ1) is 8.77. The molecule has 0 aromatic rings. The minimum Gasteiger partial charge on any atom is -0.305 e. The van der Waals surface area contributed by atoms with Gasteiger partial charge in [-0.3, -0.25) is 4.99 Å². The summed E-state index contributed by atoms with van der Waals surface area (Å²) in [6.45, 7) is 15.0. The maximum Gasteiger partial charge on any atom is 0.0408 e. The topological polar surface area (TPSA) is 15.6 Å². The number of hydrogen-bond acceptors (Lipinski definition) is 2. The van der Waals surface area contributed by atoms with Gasteiger partial charge in [0.15, 0.2) is 0 Å². The van der Waals surface area contributed by atoms with E-state index in [1.54, 1.807) is 0 Å². The van der Waals surface area contributed by atoms with E-state index in [0.29, 0.717) is 0 Å². The molecule has 0 atom stereocenters. The summed E-state index contributed by atoms with van der Waals surface area (Å²) in [6, 6.07) is 0. The number of rotatable bonds is 6. The molecule has 0 aromatic heterocycles. The summed E-state index contributed by atoms with van der Waals surface area (Å²) in [7, 11) is 4.16. The highest BCUT2D eigenvalue weighted by Gasteiger charge is 2.04. The molecule has 0 unspecified atom stereocenters. The van der Waals surface area contributed by atoms with Crippen molar-refractivity contribution in [3.63, 3.8) is 0 Å². The first kappa shape index (κ1) is 17.6. The van der Waals surface area contributed by atoms with Gasteiger partial charge in [0.25, 0.3) is 0 Å². The van der Waals surface area contributed by atoms with Crippen LogP contribution in [0.1, 0.15) is 34.6 Å². The van der Waals surface area contributed by atoms with Gasteiger partial charge in [0.2, 0.25) is 0 Å². The fraction of sp³-hybridized carbons (Fsp3) is 0.471. The molecule has 0 amide bonds. The molecule has 2 heteroatoms. The van der Waals surface area contributed by atoms with Crippen molar-refractivity contribution >= 4 is 5.71 Å². The van der Waals surface area contributed by atoms with Gasteiger partial charge in [0, 0.05) is 18.0 Å². The molecule has 0 heterocycles. The Morgan fingerprint density at radius 1 is 1.16 bits per heavy atom. The number of likely N-dealkylation sites (N-methyl/N-ethyl adjacent to an activating group) is 1. The van der Waals surface area contributed by atoms with E-state index in [4.69, 9.17) is 0 Å². The van der Waals surface area contributed by atoms with Gasteiger partial charge in [-0.25, -0.2) is 0 Å². The molecule has 0 aliphatic carbocycles. The lowest BCUT2D eigenvalue weighted by Gasteiger charge is -2.14. The van der Waals surface area contributed by atoms with Gasteiger partial charge < -0.3 is 4.90 Å². The molecule has 0 fully saturated rings. The van der Waals surface area contributed by atoms with E-state index in [2.05, 4.69) is 56.6 Å². The third-order valence-corrected chi connectivity index (χ3v) is 2.68. The van der Waals surface area contributed by atoms with Gasteiger partial charge in [0.1, 0.15) is 0 Å². The predicted octanol–water partition coefficient (Wildman–Crippen LogP) is 4.38. The fourth-order valence-corrected chi connectivity index (χ4v) is 1.81. The largest absolute Gasteiger partial charge is 0.305 e. The molecular weight excluding hydrogens is 232 g/mol. The maximum absolute atomic E-state index is 4.63. The number of aliphatic imine (C=N–C) groups is 1. The van der Waals surface area contributed by atoms with Gasteiger partial charge in [-0.05, 0) is 65.9 Å². The number of hydrogen-bond donors (Lipinski definition) is 0. The zero-order valence-electron chi connectivity index (χ0n) is 13.5. The van der Waals surface area contributed by atoms with Crippen molar-refractivity contribution < 1.29 is 0 Å². The summed E-state index contributed by atoms with van der Waals surface area (Å²) in [5.41, 5.74) is 5.62. The summed E-state index contributed by atoms with van der Waals surface area (Å²) in [6.07, 6.45) is 6.23. The second kappa shape index (κ2) is 8.65. The Balaban J connectivity index is 5.37. The summed E-state index contributed by atoms with van der Waals surface area (Å²) < 4.78 is 0. The lowest BCUT2D eigenvalue weighted by atomic mass is 10.0. The Bertz CT molecular complexity index is 432. The molecule has 0 N–H and O–H groups in total. The monoisotopic (exact) mass is 260 g/mol. The molecule has 2 nitrogen and oxygen atoms in total. The van der Waals surface area contributed by atoms with Crippen molar-refractivity contribution in [2.24, 2.45) is 4.99 Å². The molecule has 0 aromatic carbocycles. The molecule has 0 radical (unpaired) electrons. The van der Waals surface area contributed by atoms with Crippen LogP contribution in [0.4, 0.5) is 0 Å². The van der Waals surface area contributed by atoms with E-state index in [0.717, 1.165) is 23.5 Å². The molecule has 0 saturated carbocycles. The highest BCUT2D eigenvalue weighted by molar-refractivity contribution is 5.99. The van der Waals surface area contributed by atoms with Gasteiger partial charge in [-0.2, -0.15) is 0 Å². The zero-order chi connectivity index (χ0) is 15.0. The molecular formula is C17H28N2.